The number of fused-ring (bicyclic) bond motifs is 6. The summed E-state index contributed by atoms with van der Waals surface area (Å²) in [7, 11) is 0. The molecule has 0 spiro atoms. The summed E-state index contributed by atoms with van der Waals surface area (Å²) in [6.07, 6.45) is 0. The fourth-order valence-corrected chi connectivity index (χ4v) is 5.64. The monoisotopic (exact) mass is 548 g/mol. The molecule has 212 valence electrons. The van der Waals surface area contributed by atoms with Gasteiger partial charge in [-0.05, 0) is 79.7 Å². The SMILES string of the molecule is CC1(C)C(=O)C2=NNCC2C(=O)C(C)(C)c2ccc(o2)C(C)(C)C(=O)C2=NNCC2C(=O)C(C)(C)c2ccc1o2. The van der Waals surface area contributed by atoms with Crippen LogP contribution in [0.4, 0.5) is 0 Å². The highest BCUT2D eigenvalue weighted by Gasteiger charge is 2.50. The van der Waals surface area contributed by atoms with Crippen molar-refractivity contribution in [2.45, 2.75) is 77.0 Å². The van der Waals surface area contributed by atoms with Crippen molar-refractivity contribution < 1.29 is 28.0 Å². The van der Waals surface area contributed by atoms with Crippen LogP contribution in [0.1, 0.15) is 78.4 Å². The van der Waals surface area contributed by atoms with Crippen LogP contribution in [0.3, 0.4) is 0 Å². The number of hydrogen-bond donors (Lipinski definition) is 2. The Morgan fingerprint density at radius 3 is 1.20 bits per heavy atom. The normalized spacial score (nSPS) is 27.0. The fraction of sp³-hybridized carbons (Fsp3) is 0.533. The lowest BCUT2D eigenvalue weighted by Gasteiger charge is -2.29. The highest BCUT2D eigenvalue weighted by atomic mass is 16.3. The predicted molar refractivity (Wildman–Crippen MR) is 147 cm³/mol. The summed E-state index contributed by atoms with van der Waals surface area (Å²) in [5, 5.41) is 8.48. The molecule has 0 saturated heterocycles. The van der Waals surface area contributed by atoms with Crippen LogP contribution in [0.2, 0.25) is 0 Å². The van der Waals surface area contributed by atoms with Gasteiger partial charge < -0.3 is 19.7 Å². The lowest BCUT2D eigenvalue weighted by molar-refractivity contribution is -0.127. The molecule has 10 nitrogen and oxygen atoms in total. The summed E-state index contributed by atoms with van der Waals surface area (Å²) in [6, 6.07) is 6.73. The van der Waals surface area contributed by atoms with E-state index in [4.69, 9.17) is 8.83 Å². The molecular weight excluding hydrogens is 512 g/mol. The van der Waals surface area contributed by atoms with Gasteiger partial charge in [-0.15, -0.1) is 0 Å². The number of carbonyl (C=O) groups is 4. The van der Waals surface area contributed by atoms with Crippen LogP contribution in [0.5, 0.6) is 0 Å². The lowest BCUT2D eigenvalue weighted by atomic mass is 9.73. The number of carbonyl (C=O) groups excluding carboxylic acids is 4. The second-order valence-electron chi connectivity index (χ2n) is 13.0. The minimum atomic E-state index is -1.17. The van der Waals surface area contributed by atoms with Crippen LogP contribution in [0.25, 0.3) is 0 Å². The van der Waals surface area contributed by atoms with E-state index in [1.807, 2.05) is 0 Å². The van der Waals surface area contributed by atoms with E-state index < -0.39 is 33.5 Å². The molecule has 2 atom stereocenters. The van der Waals surface area contributed by atoms with Crippen LogP contribution < -0.4 is 10.9 Å². The third-order valence-corrected chi connectivity index (χ3v) is 8.79. The molecule has 5 rings (SSSR count). The highest BCUT2D eigenvalue weighted by Crippen LogP contribution is 2.39. The van der Waals surface area contributed by atoms with E-state index in [2.05, 4.69) is 21.1 Å². The molecule has 3 aliphatic rings. The van der Waals surface area contributed by atoms with Crippen molar-refractivity contribution in [1.82, 2.24) is 10.9 Å². The second kappa shape index (κ2) is 8.84. The number of furan rings is 2. The number of hydrazone groups is 2. The summed E-state index contributed by atoms with van der Waals surface area (Å²) in [5.41, 5.74) is 1.30. The summed E-state index contributed by atoms with van der Waals surface area (Å²) >= 11 is 0. The van der Waals surface area contributed by atoms with Gasteiger partial charge in [0.2, 0.25) is 0 Å². The standard InChI is InChI=1S/C30H36N4O6/c1-27(2)17-9-11-19(39-17)29(5,6)26(38)22-16(14-32-34-22)24(36)28(3,4)18-10-12-20(40-18)30(7,8)25(37)21-15(23(27)35)13-31-33-21/h9-12,15-16,31-32H,13-14H2,1-8H3. The van der Waals surface area contributed by atoms with Gasteiger partial charge in [-0.1, -0.05) is 0 Å². The van der Waals surface area contributed by atoms with E-state index in [1.165, 1.54) is 0 Å². The molecule has 0 aromatic carbocycles. The van der Waals surface area contributed by atoms with Gasteiger partial charge in [0.25, 0.3) is 0 Å². The fourth-order valence-electron chi connectivity index (χ4n) is 5.64. The highest BCUT2D eigenvalue weighted by molar-refractivity contribution is 6.48. The molecule has 3 aliphatic heterocycles. The summed E-state index contributed by atoms with van der Waals surface area (Å²) in [4.78, 5) is 55.7. The Balaban J connectivity index is 1.67. The zero-order valence-electron chi connectivity index (χ0n) is 24.2. The number of Topliss-reactive ketones (excluding diaryl/α,β-unsaturated/α-hetero) is 4. The molecule has 0 aliphatic carbocycles. The molecule has 0 amide bonds. The van der Waals surface area contributed by atoms with Gasteiger partial charge in [0.1, 0.15) is 34.5 Å². The van der Waals surface area contributed by atoms with Crippen molar-refractivity contribution in [3.63, 3.8) is 0 Å². The topological polar surface area (TPSA) is 143 Å². The second-order valence-corrected chi connectivity index (χ2v) is 13.0. The average Bonchev–Trinajstić information content (AvgIpc) is 3.71. The minimum absolute atomic E-state index is 0.123. The van der Waals surface area contributed by atoms with E-state index in [-0.39, 0.29) is 47.6 Å². The first-order chi connectivity index (χ1) is 18.5. The van der Waals surface area contributed by atoms with Crippen molar-refractivity contribution in [1.29, 1.82) is 0 Å². The molecule has 2 aromatic heterocycles. The van der Waals surface area contributed by atoms with Crippen LogP contribution >= 0.6 is 0 Å². The molecule has 2 N–H and O–H groups in total. The van der Waals surface area contributed by atoms with Crippen molar-refractivity contribution in [3.05, 3.63) is 47.3 Å². The van der Waals surface area contributed by atoms with Gasteiger partial charge in [-0.2, -0.15) is 10.2 Å². The number of nitrogens with zero attached hydrogens (tertiary/aromatic N) is 2. The van der Waals surface area contributed by atoms with Gasteiger partial charge >= 0.3 is 0 Å². The van der Waals surface area contributed by atoms with Crippen molar-refractivity contribution in [2.24, 2.45) is 22.0 Å². The molecule has 2 aromatic rings. The maximum atomic E-state index is 13.9. The Morgan fingerprint density at radius 2 is 0.875 bits per heavy atom. The van der Waals surface area contributed by atoms with Crippen LogP contribution in [-0.4, -0.2) is 47.6 Å². The Labute approximate surface area is 233 Å². The Hall–Kier alpha value is -3.82. The summed E-state index contributed by atoms with van der Waals surface area (Å²) in [5.74, 6) is -1.36. The number of ketones is 4. The number of nitrogens with one attached hydrogen (secondary N) is 2. The third kappa shape index (κ3) is 3.90. The zero-order valence-corrected chi connectivity index (χ0v) is 24.2. The molecule has 0 radical (unpaired) electrons. The van der Waals surface area contributed by atoms with Crippen LogP contribution in [-0.2, 0) is 40.8 Å². The quantitative estimate of drug-likeness (QED) is 0.511. The molecule has 0 fully saturated rings. The first-order valence-electron chi connectivity index (χ1n) is 13.5. The van der Waals surface area contributed by atoms with Gasteiger partial charge in [0, 0.05) is 13.1 Å². The third-order valence-electron chi connectivity index (χ3n) is 8.79. The van der Waals surface area contributed by atoms with E-state index in [0.717, 1.165) is 0 Å². The van der Waals surface area contributed by atoms with Gasteiger partial charge in [0.15, 0.2) is 23.1 Å². The predicted octanol–water partition coefficient (Wildman–Crippen LogP) is 3.12. The van der Waals surface area contributed by atoms with E-state index in [1.54, 1.807) is 79.7 Å². The van der Waals surface area contributed by atoms with E-state index in [9.17, 15) is 19.2 Å². The lowest BCUT2D eigenvalue weighted by Crippen LogP contribution is -2.45. The maximum absolute atomic E-state index is 13.9. The molecule has 5 heterocycles. The van der Waals surface area contributed by atoms with Crippen molar-refractivity contribution in [2.75, 3.05) is 13.1 Å². The first-order valence-corrected chi connectivity index (χ1v) is 13.5. The Kier molecular flexibility index (Phi) is 6.13. The average molecular weight is 549 g/mol. The first kappa shape index (κ1) is 27.7. The summed E-state index contributed by atoms with van der Waals surface area (Å²) in [6.45, 7) is 14.1. The van der Waals surface area contributed by atoms with Gasteiger partial charge in [-0.25, -0.2) is 0 Å². The molecule has 0 saturated carbocycles. The van der Waals surface area contributed by atoms with Gasteiger partial charge in [0.05, 0.1) is 33.5 Å². The van der Waals surface area contributed by atoms with Crippen molar-refractivity contribution >= 4 is 34.6 Å². The maximum Gasteiger partial charge on any atom is 0.192 e. The smallest absolute Gasteiger partial charge is 0.192 e. The van der Waals surface area contributed by atoms with Crippen LogP contribution in [0, 0.1) is 11.8 Å². The Bertz CT molecular complexity index is 1390. The Morgan fingerprint density at radius 1 is 0.575 bits per heavy atom. The van der Waals surface area contributed by atoms with Gasteiger partial charge in [-0.3, -0.25) is 19.2 Å². The zero-order chi connectivity index (χ0) is 29.4. The van der Waals surface area contributed by atoms with E-state index >= 15 is 0 Å². The molecule has 4 bridgehead atoms. The van der Waals surface area contributed by atoms with Crippen molar-refractivity contribution in [3.8, 4) is 0 Å². The largest absolute Gasteiger partial charge is 0.464 e. The minimum Gasteiger partial charge on any atom is -0.464 e. The molecular formula is C30H36N4O6. The van der Waals surface area contributed by atoms with Crippen LogP contribution in [0.15, 0.2) is 43.3 Å². The molecule has 10 heteroatoms. The molecule has 2 unspecified atom stereocenters. The number of rotatable bonds is 0. The number of hydrogen-bond acceptors (Lipinski definition) is 10. The summed E-state index contributed by atoms with van der Waals surface area (Å²) < 4.78 is 12.4. The molecule has 40 heavy (non-hydrogen) atoms. The van der Waals surface area contributed by atoms with E-state index in [0.29, 0.717) is 23.0 Å².